The topological polar surface area (TPSA) is 43.1 Å². The molecule has 1 aliphatic rings. The standard InChI is InChI=1S/C16H25NOS/c1-13-6-5-7-14(10-13)11-19(18)12-16(17)15-8-3-2-4-9-15/h5-7,10,15-16H,2-4,8-9,11-12,17H2,1H3. The van der Waals surface area contributed by atoms with E-state index in [1.54, 1.807) is 0 Å². The molecule has 1 aromatic carbocycles. The monoisotopic (exact) mass is 279 g/mol. The zero-order valence-electron chi connectivity index (χ0n) is 11.8. The van der Waals surface area contributed by atoms with Crippen LogP contribution in [0.4, 0.5) is 0 Å². The van der Waals surface area contributed by atoms with Crippen molar-refractivity contribution >= 4 is 10.8 Å². The molecule has 1 fully saturated rings. The van der Waals surface area contributed by atoms with Crippen molar-refractivity contribution in [1.82, 2.24) is 0 Å². The molecule has 19 heavy (non-hydrogen) atoms. The van der Waals surface area contributed by atoms with Gasteiger partial charge >= 0.3 is 0 Å². The van der Waals surface area contributed by atoms with Gasteiger partial charge in [0.2, 0.25) is 0 Å². The number of hydrogen-bond donors (Lipinski definition) is 1. The van der Waals surface area contributed by atoms with Gasteiger partial charge in [-0.3, -0.25) is 4.21 Å². The summed E-state index contributed by atoms with van der Waals surface area (Å²) in [7, 11) is -0.836. The molecule has 2 nitrogen and oxygen atoms in total. The smallest absolute Gasteiger partial charge is 0.0486 e. The van der Waals surface area contributed by atoms with Crippen LogP contribution < -0.4 is 5.73 Å². The minimum Gasteiger partial charge on any atom is -0.327 e. The van der Waals surface area contributed by atoms with Crippen molar-refractivity contribution in [3.63, 3.8) is 0 Å². The second kappa shape index (κ2) is 7.20. The van der Waals surface area contributed by atoms with E-state index < -0.39 is 10.8 Å². The van der Waals surface area contributed by atoms with E-state index in [-0.39, 0.29) is 6.04 Å². The Morgan fingerprint density at radius 3 is 2.74 bits per heavy atom. The third-order valence-electron chi connectivity index (χ3n) is 4.04. The molecule has 0 aromatic heterocycles. The van der Waals surface area contributed by atoms with Crippen molar-refractivity contribution in [3.05, 3.63) is 35.4 Å². The fraction of sp³-hybridized carbons (Fsp3) is 0.625. The van der Waals surface area contributed by atoms with E-state index in [0.29, 0.717) is 17.4 Å². The van der Waals surface area contributed by atoms with Gasteiger partial charge in [0.15, 0.2) is 0 Å². The van der Waals surface area contributed by atoms with Crippen LogP contribution in [-0.2, 0) is 16.6 Å². The molecule has 2 unspecified atom stereocenters. The number of nitrogens with two attached hydrogens (primary N) is 1. The Balaban J connectivity index is 1.83. The lowest BCUT2D eigenvalue weighted by atomic mass is 9.85. The maximum Gasteiger partial charge on any atom is 0.0486 e. The molecule has 0 aliphatic heterocycles. The summed E-state index contributed by atoms with van der Waals surface area (Å²) in [6.07, 6.45) is 6.38. The Bertz CT molecular complexity index is 427. The number of hydrogen-bond acceptors (Lipinski definition) is 2. The van der Waals surface area contributed by atoms with E-state index in [2.05, 4.69) is 25.1 Å². The highest BCUT2D eigenvalue weighted by Crippen LogP contribution is 2.26. The van der Waals surface area contributed by atoms with Crippen LogP contribution in [-0.4, -0.2) is 16.0 Å². The van der Waals surface area contributed by atoms with Crippen molar-refractivity contribution in [3.8, 4) is 0 Å². The highest BCUT2D eigenvalue weighted by molar-refractivity contribution is 7.84. The molecule has 2 N–H and O–H groups in total. The molecule has 3 heteroatoms. The van der Waals surface area contributed by atoms with Crippen molar-refractivity contribution in [1.29, 1.82) is 0 Å². The van der Waals surface area contributed by atoms with Crippen LogP contribution in [0, 0.1) is 12.8 Å². The number of aryl methyl sites for hydroxylation is 1. The lowest BCUT2D eigenvalue weighted by Gasteiger charge is -2.27. The fourth-order valence-corrected chi connectivity index (χ4v) is 4.33. The SMILES string of the molecule is Cc1cccc(CS(=O)CC(N)C2CCCCC2)c1. The molecule has 1 saturated carbocycles. The van der Waals surface area contributed by atoms with Crippen LogP contribution in [0.2, 0.25) is 0 Å². The van der Waals surface area contributed by atoms with E-state index in [4.69, 9.17) is 5.73 Å². The molecule has 1 aromatic rings. The van der Waals surface area contributed by atoms with Gasteiger partial charge in [0.25, 0.3) is 0 Å². The zero-order chi connectivity index (χ0) is 13.7. The predicted molar refractivity (Wildman–Crippen MR) is 82.4 cm³/mol. The average Bonchev–Trinajstić information content (AvgIpc) is 2.39. The molecule has 0 heterocycles. The average molecular weight is 279 g/mol. The summed E-state index contributed by atoms with van der Waals surface area (Å²) >= 11 is 0. The van der Waals surface area contributed by atoms with Crippen molar-refractivity contribution < 1.29 is 4.21 Å². The highest BCUT2D eigenvalue weighted by atomic mass is 32.2. The molecule has 0 saturated heterocycles. The van der Waals surface area contributed by atoms with Gasteiger partial charge < -0.3 is 5.73 Å². The lowest BCUT2D eigenvalue weighted by Crippen LogP contribution is -2.36. The quantitative estimate of drug-likeness (QED) is 0.899. The maximum atomic E-state index is 12.2. The van der Waals surface area contributed by atoms with Crippen LogP contribution in [0.25, 0.3) is 0 Å². The molecule has 106 valence electrons. The van der Waals surface area contributed by atoms with Gasteiger partial charge in [0.05, 0.1) is 0 Å². The molecule has 2 atom stereocenters. The summed E-state index contributed by atoms with van der Waals surface area (Å²) in [5, 5.41) is 0. The van der Waals surface area contributed by atoms with Gasteiger partial charge in [0, 0.05) is 28.3 Å². The lowest BCUT2D eigenvalue weighted by molar-refractivity contribution is 0.318. The normalized spacial score (nSPS) is 20.1. The van der Waals surface area contributed by atoms with Crippen molar-refractivity contribution in [2.45, 2.75) is 50.8 Å². The van der Waals surface area contributed by atoms with Crippen LogP contribution in [0.3, 0.4) is 0 Å². The predicted octanol–water partition coefficient (Wildman–Crippen LogP) is 3.15. The van der Waals surface area contributed by atoms with Gasteiger partial charge in [-0.15, -0.1) is 0 Å². The molecule has 0 radical (unpaired) electrons. The van der Waals surface area contributed by atoms with Crippen molar-refractivity contribution in [2.24, 2.45) is 11.7 Å². The second-order valence-corrected chi connectivity index (χ2v) is 7.30. The fourth-order valence-electron chi connectivity index (χ4n) is 2.96. The van der Waals surface area contributed by atoms with Gasteiger partial charge in [0.1, 0.15) is 0 Å². The summed E-state index contributed by atoms with van der Waals surface area (Å²) in [6.45, 7) is 2.07. The largest absolute Gasteiger partial charge is 0.327 e. The zero-order valence-corrected chi connectivity index (χ0v) is 12.6. The molecule has 0 bridgehead atoms. The first-order chi connectivity index (χ1) is 9.15. The minimum absolute atomic E-state index is 0.117. The first kappa shape index (κ1) is 14.7. The Morgan fingerprint density at radius 1 is 1.32 bits per heavy atom. The van der Waals surface area contributed by atoms with E-state index in [1.165, 1.54) is 37.7 Å². The first-order valence-corrected chi connectivity index (χ1v) is 8.80. The van der Waals surface area contributed by atoms with E-state index >= 15 is 0 Å². The summed E-state index contributed by atoms with van der Waals surface area (Å²) in [5.74, 6) is 1.89. The van der Waals surface area contributed by atoms with Gasteiger partial charge in [-0.25, -0.2) is 0 Å². The third-order valence-corrected chi connectivity index (χ3v) is 5.46. The Hall–Kier alpha value is -0.670. The molecule has 1 aliphatic carbocycles. The Kier molecular flexibility index (Phi) is 5.59. The van der Waals surface area contributed by atoms with Crippen molar-refractivity contribution in [2.75, 3.05) is 5.75 Å². The summed E-state index contributed by atoms with van der Waals surface area (Å²) in [5.41, 5.74) is 8.63. The van der Waals surface area contributed by atoms with Gasteiger partial charge in [-0.05, 0) is 31.2 Å². The van der Waals surface area contributed by atoms with Crippen LogP contribution >= 0.6 is 0 Å². The molecule has 2 rings (SSSR count). The summed E-state index contributed by atoms with van der Waals surface area (Å²) in [6, 6.07) is 8.38. The van der Waals surface area contributed by atoms with Gasteiger partial charge in [-0.2, -0.15) is 0 Å². The van der Waals surface area contributed by atoms with E-state index in [9.17, 15) is 4.21 Å². The summed E-state index contributed by atoms with van der Waals surface area (Å²) in [4.78, 5) is 0. The first-order valence-electron chi connectivity index (χ1n) is 7.31. The minimum atomic E-state index is -0.836. The molecule has 0 spiro atoms. The molecular weight excluding hydrogens is 254 g/mol. The molecular formula is C16H25NOS. The summed E-state index contributed by atoms with van der Waals surface area (Å²) < 4.78 is 12.2. The highest BCUT2D eigenvalue weighted by Gasteiger charge is 2.22. The molecule has 0 amide bonds. The number of rotatable bonds is 5. The Morgan fingerprint density at radius 2 is 2.05 bits per heavy atom. The number of benzene rings is 1. The van der Waals surface area contributed by atoms with Crippen LogP contribution in [0.5, 0.6) is 0 Å². The van der Waals surface area contributed by atoms with E-state index in [1.807, 2.05) is 6.07 Å². The third kappa shape index (κ3) is 4.73. The van der Waals surface area contributed by atoms with E-state index in [0.717, 1.165) is 5.56 Å². The second-order valence-electron chi connectivity index (χ2n) is 5.80. The Labute approximate surface area is 119 Å². The maximum absolute atomic E-state index is 12.2. The van der Waals surface area contributed by atoms with Crippen LogP contribution in [0.1, 0.15) is 43.2 Å². The van der Waals surface area contributed by atoms with Gasteiger partial charge in [-0.1, -0.05) is 49.1 Å². The van der Waals surface area contributed by atoms with Crippen LogP contribution in [0.15, 0.2) is 24.3 Å².